The molecule has 0 saturated heterocycles. The van der Waals surface area contributed by atoms with Gasteiger partial charge in [0.1, 0.15) is 11.6 Å². The molecule has 1 aromatic carbocycles. The third-order valence-corrected chi connectivity index (χ3v) is 13.1. The highest BCUT2D eigenvalue weighted by Gasteiger charge is 2.36. The molecule has 1 N–H and O–H groups in total. The first-order valence-electron chi connectivity index (χ1n) is 19.7. The van der Waals surface area contributed by atoms with Crippen LogP contribution < -0.4 is 0 Å². The highest BCUT2D eigenvalue weighted by molar-refractivity contribution is 8.05. The molecule has 272 valence electrons. The van der Waals surface area contributed by atoms with Crippen molar-refractivity contribution in [3.05, 3.63) is 82.2 Å². The van der Waals surface area contributed by atoms with E-state index >= 15 is 0 Å². The first kappa shape index (κ1) is 40.0. The zero-order chi connectivity index (χ0) is 36.0. The molecule has 2 saturated carbocycles. The Morgan fingerprint density at radius 2 is 1.64 bits per heavy atom. The summed E-state index contributed by atoms with van der Waals surface area (Å²) in [6, 6.07) is 10.3. The zero-order valence-electron chi connectivity index (χ0n) is 31.4. The lowest BCUT2D eigenvalue weighted by Gasteiger charge is -2.33. The SMILES string of the molecule is C=C(SC=C(CC)C(=O)C1=CC(c2ccccc2)C=CC1)C(CC)C(CCC1CCCC1)CC(=O)C(CC(=O)C(C)C(C)=N)C1CCCCC1. The lowest BCUT2D eigenvalue weighted by molar-refractivity contribution is -0.131. The molecule has 0 amide bonds. The molecule has 50 heavy (non-hydrogen) atoms. The molecular weight excluding hydrogens is 635 g/mol. The minimum absolute atomic E-state index is 0.0384. The van der Waals surface area contributed by atoms with Gasteiger partial charge in [-0.3, -0.25) is 14.4 Å². The van der Waals surface area contributed by atoms with Crippen LogP contribution in [0.1, 0.15) is 142 Å². The van der Waals surface area contributed by atoms with Gasteiger partial charge in [0.15, 0.2) is 5.78 Å². The van der Waals surface area contributed by atoms with Crippen LogP contribution in [0.4, 0.5) is 0 Å². The third kappa shape index (κ3) is 11.4. The number of nitrogens with one attached hydrogen (secondary N) is 1. The number of hydrogen-bond acceptors (Lipinski definition) is 5. The zero-order valence-corrected chi connectivity index (χ0v) is 32.2. The van der Waals surface area contributed by atoms with Crippen molar-refractivity contribution < 1.29 is 14.4 Å². The van der Waals surface area contributed by atoms with Crippen molar-refractivity contribution in [1.29, 1.82) is 5.41 Å². The van der Waals surface area contributed by atoms with E-state index in [0.717, 1.165) is 66.9 Å². The smallest absolute Gasteiger partial charge is 0.185 e. The molecule has 0 heterocycles. The van der Waals surface area contributed by atoms with Gasteiger partial charge in [0.2, 0.25) is 0 Å². The van der Waals surface area contributed by atoms with Gasteiger partial charge >= 0.3 is 0 Å². The molecule has 4 rings (SSSR count). The summed E-state index contributed by atoms with van der Waals surface area (Å²) in [5.74, 6) is 1.15. The molecule has 0 radical (unpaired) electrons. The second-order valence-electron chi connectivity index (χ2n) is 15.4. The van der Waals surface area contributed by atoms with E-state index in [1.165, 1.54) is 37.7 Å². The highest BCUT2D eigenvalue weighted by atomic mass is 32.2. The van der Waals surface area contributed by atoms with Crippen LogP contribution in [0, 0.1) is 40.9 Å². The summed E-state index contributed by atoms with van der Waals surface area (Å²) in [4.78, 5) is 42.6. The Kier molecular flexibility index (Phi) is 16.2. The number of hydrogen-bond donors (Lipinski definition) is 1. The quantitative estimate of drug-likeness (QED) is 0.0836. The number of carbonyl (C=O) groups excluding carboxylic acids is 3. The van der Waals surface area contributed by atoms with Crippen LogP contribution in [0.5, 0.6) is 0 Å². The minimum Gasteiger partial charge on any atom is -0.309 e. The predicted octanol–water partition coefficient (Wildman–Crippen LogP) is 12.2. The van der Waals surface area contributed by atoms with Crippen LogP contribution in [0.2, 0.25) is 0 Å². The number of allylic oxidation sites excluding steroid dienone is 6. The molecule has 3 aliphatic rings. The van der Waals surface area contributed by atoms with E-state index in [-0.39, 0.29) is 53.4 Å². The topological polar surface area (TPSA) is 75.1 Å². The van der Waals surface area contributed by atoms with E-state index in [9.17, 15) is 14.4 Å². The van der Waals surface area contributed by atoms with Gasteiger partial charge in [-0.15, -0.1) is 11.8 Å². The largest absolute Gasteiger partial charge is 0.309 e. The van der Waals surface area contributed by atoms with Gasteiger partial charge in [-0.1, -0.05) is 127 Å². The summed E-state index contributed by atoms with van der Waals surface area (Å²) in [7, 11) is 0. The molecule has 0 aliphatic heterocycles. The van der Waals surface area contributed by atoms with Crippen molar-refractivity contribution in [1.82, 2.24) is 0 Å². The van der Waals surface area contributed by atoms with Crippen LogP contribution in [0.15, 0.2) is 76.6 Å². The van der Waals surface area contributed by atoms with Crippen LogP contribution in [-0.2, 0) is 14.4 Å². The third-order valence-electron chi connectivity index (χ3n) is 12.1. The molecule has 4 nitrogen and oxygen atoms in total. The summed E-state index contributed by atoms with van der Waals surface area (Å²) in [6.45, 7) is 12.4. The van der Waals surface area contributed by atoms with Gasteiger partial charge in [-0.05, 0) is 85.0 Å². The standard InChI is InChI=1S/C45H63NO3S/c1-6-35(45(49)40-24-16-23-38(27-40)36-19-10-8-11-20-36)30-50-33(5)41(7-2)39(26-25-34-17-14-15-18-34)28-44(48)42(37-21-12-9-13-22-37)29-43(47)31(3)32(4)46/h8,10-11,16,19-20,23,27,30-31,34,37-39,41-42,46H,5-7,9,12-15,17-18,21-22,24-26,28-29H2,1-4H3. The summed E-state index contributed by atoms with van der Waals surface area (Å²) in [5, 5.41) is 10.1. The van der Waals surface area contributed by atoms with Crippen molar-refractivity contribution in [3.8, 4) is 0 Å². The molecule has 5 heteroatoms. The lowest BCUT2D eigenvalue weighted by Crippen LogP contribution is -2.33. The van der Waals surface area contributed by atoms with Crippen LogP contribution in [-0.4, -0.2) is 23.1 Å². The van der Waals surface area contributed by atoms with Crippen LogP contribution >= 0.6 is 11.8 Å². The Hall–Kier alpha value is -2.79. The van der Waals surface area contributed by atoms with Crippen LogP contribution in [0.25, 0.3) is 0 Å². The van der Waals surface area contributed by atoms with Gasteiger partial charge in [-0.2, -0.15) is 0 Å². The molecular formula is C45H63NO3S. The first-order chi connectivity index (χ1) is 24.1. The molecule has 5 unspecified atom stereocenters. The van der Waals surface area contributed by atoms with Gasteiger partial charge in [-0.25, -0.2) is 0 Å². The summed E-state index contributed by atoms with van der Waals surface area (Å²) in [5.41, 5.74) is 3.23. The van der Waals surface area contributed by atoms with Gasteiger partial charge in [0, 0.05) is 41.5 Å². The average molecular weight is 698 g/mol. The number of thioether (sulfide) groups is 1. The fraction of sp³-hybridized carbons (Fsp3) is 0.600. The van der Waals surface area contributed by atoms with Crippen LogP contribution in [0.3, 0.4) is 0 Å². The van der Waals surface area contributed by atoms with Gasteiger partial charge < -0.3 is 5.41 Å². The van der Waals surface area contributed by atoms with Gasteiger partial charge in [0.05, 0.1) is 5.92 Å². The summed E-state index contributed by atoms with van der Waals surface area (Å²) in [6.07, 6.45) is 22.2. The normalized spacial score (nSPS) is 21.2. The first-order valence-corrected chi connectivity index (χ1v) is 20.6. The Morgan fingerprint density at radius 1 is 0.960 bits per heavy atom. The molecule has 1 aromatic rings. The van der Waals surface area contributed by atoms with E-state index < -0.39 is 5.92 Å². The Morgan fingerprint density at radius 3 is 2.28 bits per heavy atom. The molecule has 0 bridgehead atoms. The second-order valence-corrected chi connectivity index (χ2v) is 16.4. The summed E-state index contributed by atoms with van der Waals surface area (Å²) >= 11 is 1.59. The van der Waals surface area contributed by atoms with Crippen molar-refractivity contribution in [2.45, 2.75) is 136 Å². The van der Waals surface area contributed by atoms with Crippen molar-refractivity contribution >= 4 is 34.8 Å². The van der Waals surface area contributed by atoms with E-state index in [1.54, 1.807) is 18.7 Å². The second kappa shape index (κ2) is 20.3. The lowest BCUT2D eigenvalue weighted by atomic mass is 9.71. The van der Waals surface area contributed by atoms with Crippen molar-refractivity contribution in [2.75, 3.05) is 0 Å². The predicted molar refractivity (Wildman–Crippen MR) is 211 cm³/mol. The molecule has 5 atom stereocenters. The number of rotatable bonds is 20. The van der Waals surface area contributed by atoms with E-state index in [2.05, 4.69) is 50.8 Å². The molecule has 0 spiro atoms. The number of carbonyl (C=O) groups is 3. The number of ketones is 3. The maximum absolute atomic E-state index is 14.4. The van der Waals surface area contributed by atoms with E-state index in [4.69, 9.17) is 5.41 Å². The summed E-state index contributed by atoms with van der Waals surface area (Å²) < 4.78 is 0. The maximum Gasteiger partial charge on any atom is 0.185 e. The molecule has 0 aromatic heterocycles. The van der Waals surface area contributed by atoms with E-state index in [0.29, 0.717) is 25.0 Å². The Bertz CT molecular complexity index is 1410. The highest BCUT2D eigenvalue weighted by Crippen LogP contribution is 2.42. The maximum atomic E-state index is 14.4. The molecule has 3 aliphatic carbocycles. The fourth-order valence-corrected chi connectivity index (χ4v) is 9.71. The number of benzene rings is 1. The molecule has 2 fully saturated rings. The average Bonchev–Trinajstić information content (AvgIpc) is 3.67. The number of Topliss-reactive ketones (excluding diaryl/α,β-unsaturated/α-hetero) is 3. The Balaban J connectivity index is 1.51. The van der Waals surface area contributed by atoms with Gasteiger partial charge in [0.25, 0.3) is 0 Å². The monoisotopic (exact) mass is 697 g/mol. The Labute approximate surface area is 307 Å². The minimum atomic E-state index is -0.432. The fourth-order valence-electron chi connectivity index (χ4n) is 8.61. The van der Waals surface area contributed by atoms with Crippen molar-refractivity contribution in [3.63, 3.8) is 0 Å². The van der Waals surface area contributed by atoms with Crippen molar-refractivity contribution in [2.24, 2.45) is 35.5 Å². The van der Waals surface area contributed by atoms with E-state index in [1.807, 2.05) is 30.5 Å².